The first-order chi connectivity index (χ1) is 14.4. The fourth-order valence-corrected chi connectivity index (χ4v) is 3.66. The lowest BCUT2D eigenvalue weighted by Gasteiger charge is -2.19. The molecule has 2 atom stereocenters. The molecule has 0 fully saturated rings. The SMILES string of the molecule is CC(CCC(=O)O)NC(=O)[C@H](C)NC(=O)OCC1c2ccccc2-c2ccccc21. The number of ether oxygens (including phenoxy) is 1. The number of fused-ring (bicyclic) bond motifs is 3. The van der Waals surface area contributed by atoms with Crippen molar-refractivity contribution in [3.05, 3.63) is 59.7 Å². The van der Waals surface area contributed by atoms with Crippen LogP contribution in [0.25, 0.3) is 11.1 Å². The maximum Gasteiger partial charge on any atom is 0.407 e. The third-order valence-corrected chi connectivity index (χ3v) is 5.25. The van der Waals surface area contributed by atoms with E-state index in [0.717, 1.165) is 22.3 Å². The number of hydrogen-bond donors (Lipinski definition) is 3. The molecule has 3 N–H and O–H groups in total. The molecule has 30 heavy (non-hydrogen) atoms. The number of nitrogens with one attached hydrogen (secondary N) is 2. The Balaban J connectivity index is 1.53. The van der Waals surface area contributed by atoms with Crippen molar-refractivity contribution in [2.24, 2.45) is 0 Å². The summed E-state index contributed by atoms with van der Waals surface area (Å²) in [5.74, 6) is -1.36. The number of carbonyl (C=O) groups is 3. The molecule has 0 saturated carbocycles. The Morgan fingerprint density at radius 1 is 0.967 bits per heavy atom. The molecule has 0 aromatic heterocycles. The van der Waals surface area contributed by atoms with Crippen molar-refractivity contribution in [2.75, 3.05) is 6.61 Å². The van der Waals surface area contributed by atoms with E-state index in [2.05, 4.69) is 22.8 Å². The Morgan fingerprint density at radius 3 is 2.10 bits per heavy atom. The topological polar surface area (TPSA) is 105 Å². The van der Waals surface area contributed by atoms with Gasteiger partial charge in [-0.3, -0.25) is 9.59 Å². The van der Waals surface area contributed by atoms with Crippen molar-refractivity contribution in [3.63, 3.8) is 0 Å². The third kappa shape index (κ3) is 4.97. The molecule has 1 unspecified atom stereocenters. The highest BCUT2D eigenvalue weighted by molar-refractivity contribution is 5.85. The predicted molar refractivity (Wildman–Crippen MR) is 112 cm³/mol. The van der Waals surface area contributed by atoms with Crippen LogP contribution in [0.15, 0.2) is 48.5 Å². The molecule has 158 valence electrons. The summed E-state index contributed by atoms with van der Waals surface area (Å²) >= 11 is 0. The standard InChI is InChI=1S/C23H26N2O5/c1-14(11-12-21(26)27)24-22(28)15(2)25-23(29)30-13-20-18-9-5-3-7-16(18)17-8-4-6-10-19(17)20/h3-10,14-15,20H,11-13H2,1-2H3,(H,24,28)(H,25,29)(H,26,27)/t14?,15-/m0/s1. The van der Waals surface area contributed by atoms with E-state index in [-0.39, 0.29) is 30.9 Å². The van der Waals surface area contributed by atoms with Gasteiger partial charge in [-0.15, -0.1) is 0 Å². The minimum atomic E-state index is -0.916. The number of carboxylic acid groups (broad SMARTS) is 1. The molecular formula is C23H26N2O5. The molecule has 1 aliphatic carbocycles. The van der Waals surface area contributed by atoms with Gasteiger partial charge in [0.15, 0.2) is 0 Å². The van der Waals surface area contributed by atoms with Crippen molar-refractivity contribution in [2.45, 2.75) is 44.7 Å². The van der Waals surface area contributed by atoms with Crippen molar-refractivity contribution < 1.29 is 24.2 Å². The van der Waals surface area contributed by atoms with Crippen LogP contribution >= 0.6 is 0 Å². The summed E-state index contributed by atoms with van der Waals surface area (Å²) in [6.07, 6.45) is -0.383. The smallest absolute Gasteiger partial charge is 0.407 e. The van der Waals surface area contributed by atoms with Crippen molar-refractivity contribution in [1.29, 1.82) is 0 Å². The molecule has 7 heteroatoms. The van der Waals surface area contributed by atoms with Crippen molar-refractivity contribution >= 4 is 18.0 Å². The lowest BCUT2D eigenvalue weighted by Crippen LogP contribution is -2.47. The Labute approximate surface area is 175 Å². The van der Waals surface area contributed by atoms with Gasteiger partial charge in [0.25, 0.3) is 0 Å². The van der Waals surface area contributed by atoms with E-state index in [1.807, 2.05) is 36.4 Å². The van der Waals surface area contributed by atoms with Crippen molar-refractivity contribution in [1.82, 2.24) is 10.6 Å². The van der Waals surface area contributed by atoms with Crippen LogP contribution in [0, 0.1) is 0 Å². The van der Waals surface area contributed by atoms with Crippen molar-refractivity contribution in [3.8, 4) is 11.1 Å². The predicted octanol–water partition coefficient (Wildman–Crippen LogP) is 3.28. The van der Waals surface area contributed by atoms with E-state index in [4.69, 9.17) is 9.84 Å². The van der Waals surface area contributed by atoms with Gasteiger partial charge in [0, 0.05) is 18.4 Å². The summed E-state index contributed by atoms with van der Waals surface area (Å²) in [7, 11) is 0. The van der Waals surface area contributed by atoms with Gasteiger partial charge in [0.05, 0.1) is 0 Å². The number of hydrogen-bond acceptors (Lipinski definition) is 4. The highest BCUT2D eigenvalue weighted by atomic mass is 16.5. The lowest BCUT2D eigenvalue weighted by molar-refractivity contribution is -0.137. The van der Waals surface area contributed by atoms with Crippen LogP contribution in [-0.4, -0.2) is 41.8 Å². The number of alkyl carbamates (subject to hydrolysis) is 1. The second-order valence-corrected chi connectivity index (χ2v) is 7.53. The van der Waals surface area contributed by atoms with Gasteiger partial charge in [0.1, 0.15) is 12.6 Å². The molecule has 7 nitrogen and oxygen atoms in total. The van der Waals surface area contributed by atoms with E-state index in [9.17, 15) is 14.4 Å². The number of benzene rings is 2. The molecular weight excluding hydrogens is 384 g/mol. The number of carbonyl (C=O) groups excluding carboxylic acids is 2. The van der Waals surface area contributed by atoms with Gasteiger partial charge in [0.2, 0.25) is 5.91 Å². The summed E-state index contributed by atoms with van der Waals surface area (Å²) in [5.41, 5.74) is 4.52. The first kappa shape index (κ1) is 21.4. The molecule has 0 spiro atoms. The maximum atomic E-state index is 12.2. The zero-order valence-corrected chi connectivity index (χ0v) is 17.1. The van der Waals surface area contributed by atoms with E-state index in [1.54, 1.807) is 13.8 Å². The summed E-state index contributed by atoms with van der Waals surface area (Å²) in [6.45, 7) is 3.45. The summed E-state index contributed by atoms with van der Waals surface area (Å²) in [6, 6.07) is 15.0. The monoisotopic (exact) mass is 410 g/mol. The zero-order valence-electron chi connectivity index (χ0n) is 17.1. The minimum absolute atomic E-state index is 0.0321. The second kappa shape index (κ2) is 9.43. The quantitative estimate of drug-likeness (QED) is 0.619. The Morgan fingerprint density at radius 2 is 1.53 bits per heavy atom. The van der Waals surface area contributed by atoms with Crippen LogP contribution in [0.2, 0.25) is 0 Å². The largest absolute Gasteiger partial charge is 0.481 e. The molecule has 0 saturated heterocycles. The average molecular weight is 410 g/mol. The number of amides is 2. The third-order valence-electron chi connectivity index (χ3n) is 5.25. The Hall–Kier alpha value is -3.35. The normalized spacial score (nSPS) is 14.2. The number of rotatable bonds is 8. The van der Waals surface area contributed by atoms with E-state index in [0.29, 0.717) is 6.42 Å². The van der Waals surface area contributed by atoms with Gasteiger partial charge >= 0.3 is 12.1 Å². The average Bonchev–Trinajstić information content (AvgIpc) is 3.04. The van der Waals surface area contributed by atoms with Gasteiger partial charge in [-0.05, 0) is 42.5 Å². The summed E-state index contributed by atoms with van der Waals surface area (Å²) in [5, 5.41) is 13.9. The Bertz CT molecular complexity index is 897. The first-order valence-electron chi connectivity index (χ1n) is 10.0. The molecule has 0 bridgehead atoms. The van der Waals surface area contributed by atoms with Crippen LogP contribution in [0.3, 0.4) is 0 Å². The molecule has 0 radical (unpaired) electrons. The van der Waals surface area contributed by atoms with Gasteiger partial charge in [-0.1, -0.05) is 48.5 Å². The number of aliphatic carboxylic acids is 1. The van der Waals surface area contributed by atoms with E-state index in [1.165, 1.54) is 0 Å². The molecule has 2 aromatic rings. The van der Waals surface area contributed by atoms with Gasteiger partial charge in [-0.2, -0.15) is 0 Å². The van der Waals surface area contributed by atoms with Crippen LogP contribution in [0.1, 0.15) is 43.7 Å². The van der Waals surface area contributed by atoms with Gasteiger partial charge in [-0.25, -0.2) is 4.79 Å². The molecule has 0 aliphatic heterocycles. The molecule has 2 aromatic carbocycles. The Kier molecular flexibility index (Phi) is 6.72. The first-order valence-corrected chi connectivity index (χ1v) is 10.0. The molecule has 3 rings (SSSR count). The zero-order chi connectivity index (χ0) is 21.7. The van der Waals surface area contributed by atoms with Crippen LogP contribution in [0.5, 0.6) is 0 Å². The number of carboxylic acids is 1. The summed E-state index contributed by atoms with van der Waals surface area (Å²) < 4.78 is 5.44. The highest BCUT2D eigenvalue weighted by Gasteiger charge is 2.29. The van der Waals surface area contributed by atoms with E-state index < -0.39 is 18.1 Å². The second-order valence-electron chi connectivity index (χ2n) is 7.53. The molecule has 0 heterocycles. The minimum Gasteiger partial charge on any atom is -0.481 e. The highest BCUT2D eigenvalue weighted by Crippen LogP contribution is 2.44. The van der Waals surface area contributed by atoms with Gasteiger partial charge < -0.3 is 20.5 Å². The summed E-state index contributed by atoms with van der Waals surface area (Å²) in [4.78, 5) is 35.1. The lowest BCUT2D eigenvalue weighted by atomic mass is 9.98. The van der Waals surface area contributed by atoms with Crippen LogP contribution in [0.4, 0.5) is 4.79 Å². The fourth-order valence-electron chi connectivity index (χ4n) is 3.66. The molecule has 1 aliphatic rings. The molecule has 2 amide bonds. The fraction of sp³-hybridized carbons (Fsp3) is 0.348. The maximum absolute atomic E-state index is 12.2. The van der Waals surface area contributed by atoms with Crippen LogP contribution < -0.4 is 10.6 Å². The van der Waals surface area contributed by atoms with Crippen LogP contribution in [-0.2, 0) is 14.3 Å². The van der Waals surface area contributed by atoms with E-state index >= 15 is 0 Å².